The van der Waals surface area contributed by atoms with Gasteiger partial charge in [-0.1, -0.05) is 151 Å². The Morgan fingerprint density at radius 1 is 0.422 bits per heavy atom. The first-order valence-corrected chi connectivity index (χ1v) is 22.5. The highest BCUT2D eigenvalue weighted by Gasteiger charge is 2.49. The Balaban J connectivity index is 1.25. The van der Waals surface area contributed by atoms with Crippen molar-refractivity contribution in [2.24, 2.45) is 0 Å². The average Bonchev–Trinajstić information content (AvgIpc) is 3.86. The van der Waals surface area contributed by atoms with Crippen LogP contribution in [-0.4, -0.2) is 6.85 Å². The molecule has 2 aliphatic rings. The molecule has 0 saturated heterocycles. The van der Waals surface area contributed by atoms with Crippen LogP contribution in [0, 0.1) is 6.92 Å². The largest absolute Gasteiger partial charge is 0.456 e. The summed E-state index contributed by atoms with van der Waals surface area (Å²) in [6, 6.07) is 62.4. The summed E-state index contributed by atoms with van der Waals surface area (Å²) in [6.07, 6.45) is 0. The summed E-state index contributed by atoms with van der Waals surface area (Å²) in [5.41, 5.74) is 20.2. The molecule has 0 N–H and O–H groups in total. The Kier molecular flexibility index (Phi) is 8.34. The van der Waals surface area contributed by atoms with E-state index in [0.717, 1.165) is 83.7 Å². The van der Waals surface area contributed by atoms with E-state index < -0.39 is 0 Å². The molecule has 0 bridgehead atoms. The van der Waals surface area contributed by atoms with Gasteiger partial charge in [0.05, 0.1) is 5.69 Å². The lowest BCUT2D eigenvalue weighted by atomic mass is 9.43. The van der Waals surface area contributed by atoms with Gasteiger partial charge in [-0.3, -0.25) is 4.90 Å². The number of aryl methyl sites for hydroxylation is 1. The fourth-order valence-electron chi connectivity index (χ4n) is 10.4. The molecule has 0 fully saturated rings. The van der Waals surface area contributed by atoms with Gasteiger partial charge in [0.25, 0.3) is 0 Å². The summed E-state index contributed by atoms with van der Waals surface area (Å²) in [5.74, 6) is 0.830. The van der Waals surface area contributed by atoms with Crippen LogP contribution in [0.4, 0.5) is 28.6 Å². The van der Waals surface area contributed by atoms with Crippen molar-refractivity contribution >= 4 is 79.3 Å². The van der Waals surface area contributed by atoms with Crippen molar-refractivity contribution in [3.63, 3.8) is 0 Å². The second-order valence-electron chi connectivity index (χ2n) is 19.8. The van der Waals surface area contributed by atoms with Crippen molar-refractivity contribution in [1.82, 2.24) is 0 Å². The zero-order valence-corrected chi connectivity index (χ0v) is 37.5. The maximum absolute atomic E-state index is 7.29. The lowest BCUT2D eigenvalue weighted by Gasteiger charge is -2.44. The molecule has 0 amide bonds. The summed E-state index contributed by atoms with van der Waals surface area (Å²) >= 11 is 0. The zero-order chi connectivity index (χ0) is 43.6. The van der Waals surface area contributed by atoms with Crippen LogP contribution in [0.15, 0.2) is 179 Å². The predicted molar refractivity (Wildman–Crippen MR) is 270 cm³/mol. The third kappa shape index (κ3) is 5.83. The van der Waals surface area contributed by atoms with E-state index in [4.69, 9.17) is 8.83 Å². The normalized spacial score (nSPS) is 13.5. The standard InChI is InChI=1S/C59H49BN2O2/c1-36-17-11-12-20-42(36)38-31-48-46-34-47-43-21-13-15-23-52(43)63-54(47)35-50(46)62(41-28-25-39(26-29-41)58(2,3)4)60-55(48)51(32-38)61(57-56(60)44-22-14-16-24-53(44)64-57)49-30-27-40(59(5,6)7)33-45(49)37-18-9-8-10-19-37/h8-35H,1-7H3. The maximum Gasteiger partial charge on any atom is 0.337 e. The summed E-state index contributed by atoms with van der Waals surface area (Å²) in [4.78, 5) is 5.01. The third-order valence-electron chi connectivity index (χ3n) is 13.7. The highest BCUT2D eigenvalue weighted by atomic mass is 16.4. The minimum absolute atomic E-state index is 0.00276. The molecule has 64 heavy (non-hydrogen) atoms. The van der Waals surface area contributed by atoms with Crippen LogP contribution in [0.3, 0.4) is 0 Å². The highest BCUT2D eigenvalue weighted by Crippen LogP contribution is 2.52. The number of hydrogen-bond acceptors (Lipinski definition) is 4. The number of fused-ring (bicyclic) bond motifs is 9. The summed E-state index contributed by atoms with van der Waals surface area (Å²) in [6.45, 7) is 15.7. The minimum atomic E-state index is -0.241. The average molecular weight is 829 g/mol. The van der Waals surface area contributed by atoms with Crippen LogP contribution < -0.4 is 20.6 Å². The molecule has 0 aliphatic carbocycles. The second kappa shape index (κ2) is 13.9. The molecule has 2 aliphatic heterocycles. The number of anilines is 5. The van der Waals surface area contributed by atoms with E-state index in [1.807, 2.05) is 0 Å². The van der Waals surface area contributed by atoms with Crippen LogP contribution in [0.25, 0.3) is 66.3 Å². The SMILES string of the molecule is Cc1ccccc1-c1cc2c3c(c1)N(c1ccc(C(C)(C)C)cc1-c1ccccc1)c1oc4ccccc4c1B3N(c1ccc(C(C)(C)C)cc1)c1cc3oc4ccccc4c3cc1-2. The van der Waals surface area contributed by atoms with E-state index in [1.54, 1.807) is 0 Å². The van der Waals surface area contributed by atoms with Crippen LogP contribution >= 0.6 is 0 Å². The Bertz CT molecular complexity index is 3490. The Labute approximate surface area is 375 Å². The molecule has 4 nitrogen and oxygen atoms in total. The van der Waals surface area contributed by atoms with Crippen molar-refractivity contribution in [1.29, 1.82) is 0 Å². The second-order valence-corrected chi connectivity index (χ2v) is 19.8. The Morgan fingerprint density at radius 2 is 1.08 bits per heavy atom. The zero-order valence-electron chi connectivity index (χ0n) is 37.5. The lowest BCUT2D eigenvalue weighted by Crippen LogP contribution is -2.61. The van der Waals surface area contributed by atoms with E-state index in [0.29, 0.717) is 0 Å². The fourth-order valence-corrected chi connectivity index (χ4v) is 10.4. The molecule has 2 aromatic heterocycles. The molecule has 10 aromatic rings. The van der Waals surface area contributed by atoms with Crippen LogP contribution in [-0.2, 0) is 10.8 Å². The molecule has 0 atom stereocenters. The van der Waals surface area contributed by atoms with Crippen molar-refractivity contribution in [2.45, 2.75) is 59.3 Å². The number of rotatable bonds is 4. The Hall–Kier alpha value is -7.24. The highest BCUT2D eigenvalue weighted by molar-refractivity contribution is 6.95. The molecule has 0 radical (unpaired) electrons. The molecule has 4 heterocycles. The van der Waals surface area contributed by atoms with Gasteiger partial charge < -0.3 is 13.6 Å². The Morgan fingerprint density at radius 3 is 1.81 bits per heavy atom. The molecule has 12 rings (SSSR count). The molecule has 0 spiro atoms. The van der Waals surface area contributed by atoms with Crippen LogP contribution in [0.5, 0.6) is 0 Å². The van der Waals surface area contributed by atoms with Gasteiger partial charge in [0.1, 0.15) is 16.7 Å². The van der Waals surface area contributed by atoms with Gasteiger partial charge in [-0.2, -0.15) is 0 Å². The molecule has 5 heteroatoms. The monoisotopic (exact) mass is 828 g/mol. The van der Waals surface area contributed by atoms with Crippen LogP contribution in [0.2, 0.25) is 0 Å². The maximum atomic E-state index is 7.29. The lowest BCUT2D eigenvalue weighted by molar-refractivity contribution is 0.590. The van der Waals surface area contributed by atoms with Crippen molar-refractivity contribution in [2.75, 3.05) is 9.71 Å². The molecular formula is C59H49BN2O2. The molecule has 0 saturated carbocycles. The van der Waals surface area contributed by atoms with E-state index in [9.17, 15) is 0 Å². The van der Waals surface area contributed by atoms with Gasteiger partial charge in [0.15, 0.2) is 0 Å². The first kappa shape index (κ1) is 38.4. The molecular weight excluding hydrogens is 779 g/mol. The van der Waals surface area contributed by atoms with Gasteiger partial charge in [-0.15, -0.1) is 0 Å². The van der Waals surface area contributed by atoms with Gasteiger partial charge in [-0.05, 0) is 117 Å². The molecule has 310 valence electrons. The minimum Gasteiger partial charge on any atom is -0.456 e. The van der Waals surface area contributed by atoms with Gasteiger partial charge >= 0.3 is 6.85 Å². The first-order valence-electron chi connectivity index (χ1n) is 22.5. The molecule has 8 aromatic carbocycles. The summed E-state index contributed by atoms with van der Waals surface area (Å²) in [7, 11) is 0. The summed E-state index contributed by atoms with van der Waals surface area (Å²) in [5, 5.41) is 3.32. The van der Waals surface area contributed by atoms with Gasteiger partial charge in [0, 0.05) is 55.9 Å². The quantitative estimate of drug-likeness (QED) is 0.165. The number of benzene rings is 8. The van der Waals surface area contributed by atoms with E-state index in [2.05, 4.69) is 228 Å². The summed E-state index contributed by atoms with van der Waals surface area (Å²) < 4.78 is 14.0. The van der Waals surface area contributed by atoms with Crippen molar-refractivity contribution < 1.29 is 8.83 Å². The predicted octanol–water partition coefficient (Wildman–Crippen LogP) is 15.3. The van der Waals surface area contributed by atoms with Crippen LogP contribution in [0.1, 0.15) is 58.2 Å². The van der Waals surface area contributed by atoms with E-state index in [-0.39, 0.29) is 17.7 Å². The smallest absolute Gasteiger partial charge is 0.337 e. The number of furan rings is 2. The first-order chi connectivity index (χ1) is 30.9. The van der Waals surface area contributed by atoms with E-state index in [1.165, 1.54) is 38.8 Å². The van der Waals surface area contributed by atoms with Crippen molar-refractivity contribution in [3.8, 4) is 33.4 Å². The topological polar surface area (TPSA) is 32.8 Å². The third-order valence-corrected chi connectivity index (χ3v) is 13.7. The van der Waals surface area contributed by atoms with Gasteiger partial charge in [0.2, 0.25) is 5.88 Å². The van der Waals surface area contributed by atoms with Gasteiger partial charge in [-0.25, -0.2) is 0 Å². The van der Waals surface area contributed by atoms with E-state index >= 15 is 0 Å². The molecule has 0 unspecified atom stereocenters. The fraction of sp³-hybridized carbons (Fsp3) is 0.153. The number of hydrogen-bond donors (Lipinski definition) is 0. The number of para-hydroxylation sites is 2. The number of nitrogens with zero attached hydrogens (tertiary/aromatic N) is 2. The van der Waals surface area contributed by atoms with Crippen molar-refractivity contribution in [3.05, 3.63) is 187 Å².